The van der Waals surface area contributed by atoms with Gasteiger partial charge in [0.05, 0.1) is 29.0 Å². The van der Waals surface area contributed by atoms with Gasteiger partial charge in [-0.25, -0.2) is 9.78 Å². The molecule has 3 rings (SSSR count). The number of hydrogen-bond donors (Lipinski definition) is 2. The first-order valence-electron chi connectivity index (χ1n) is 11.5. The Morgan fingerprint density at radius 2 is 1.87 bits per heavy atom. The molecule has 1 aromatic rings. The standard InChI is InChI=1S/C22H35N3O4S2/c1-15(2)29-18-10-8-17(9-11-18)25(16-6-4-3-5-7-16)22(28)24-21-23-14-20(31-21)30-13-12-19(26)27/h14-18H,3-13H2,1-2H3,(H,26,27)(H,23,24,28). The molecule has 1 heterocycles. The average Bonchev–Trinajstić information content (AvgIpc) is 3.16. The molecule has 0 aromatic carbocycles. The molecule has 9 heteroatoms. The zero-order chi connectivity index (χ0) is 22.2. The molecule has 2 fully saturated rings. The normalized spacial score (nSPS) is 22.4. The van der Waals surface area contributed by atoms with Gasteiger partial charge >= 0.3 is 12.0 Å². The molecule has 2 aliphatic carbocycles. The number of amides is 2. The van der Waals surface area contributed by atoms with Crippen LogP contribution < -0.4 is 5.32 Å². The lowest BCUT2D eigenvalue weighted by molar-refractivity contribution is -0.136. The molecule has 0 spiro atoms. The number of aliphatic carboxylic acids is 1. The van der Waals surface area contributed by atoms with Gasteiger partial charge in [-0.3, -0.25) is 10.1 Å². The number of thiazole rings is 1. The molecule has 0 radical (unpaired) electrons. The third kappa shape index (κ3) is 7.64. The number of rotatable bonds is 9. The van der Waals surface area contributed by atoms with Crippen LogP contribution in [0.4, 0.5) is 9.93 Å². The highest BCUT2D eigenvalue weighted by atomic mass is 32.2. The van der Waals surface area contributed by atoms with Gasteiger partial charge in [0.1, 0.15) is 0 Å². The van der Waals surface area contributed by atoms with Gasteiger partial charge in [-0.2, -0.15) is 0 Å². The summed E-state index contributed by atoms with van der Waals surface area (Å²) in [6.45, 7) is 4.16. The molecule has 0 aliphatic heterocycles. The number of hydrogen-bond acceptors (Lipinski definition) is 6. The lowest BCUT2D eigenvalue weighted by Crippen LogP contribution is -2.51. The monoisotopic (exact) mass is 469 g/mol. The Morgan fingerprint density at radius 3 is 2.52 bits per heavy atom. The number of thioether (sulfide) groups is 1. The first-order chi connectivity index (χ1) is 14.9. The minimum absolute atomic E-state index is 0.0448. The quantitative estimate of drug-likeness (QED) is 0.457. The van der Waals surface area contributed by atoms with Gasteiger partial charge in [0.2, 0.25) is 0 Å². The highest BCUT2D eigenvalue weighted by Crippen LogP contribution is 2.33. The van der Waals surface area contributed by atoms with E-state index in [2.05, 4.69) is 29.0 Å². The number of urea groups is 1. The Hall–Kier alpha value is -1.32. The van der Waals surface area contributed by atoms with E-state index in [0.29, 0.717) is 23.0 Å². The number of anilines is 1. The lowest BCUT2D eigenvalue weighted by Gasteiger charge is -2.42. The summed E-state index contributed by atoms with van der Waals surface area (Å²) in [5.41, 5.74) is 0. The molecule has 31 heavy (non-hydrogen) atoms. The van der Waals surface area contributed by atoms with E-state index < -0.39 is 5.97 Å². The summed E-state index contributed by atoms with van der Waals surface area (Å²) in [6.07, 6.45) is 12.1. The largest absolute Gasteiger partial charge is 0.481 e. The Kier molecular flexibility index (Phi) is 9.47. The molecule has 2 aliphatic rings. The van der Waals surface area contributed by atoms with Crippen molar-refractivity contribution >= 4 is 40.2 Å². The number of carboxylic acid groups (broad SMARTS) is 1. The van der Waals surface area contributed by atoms with Gasteiger partial charge in [-0.15, -0.1) is 11.8 Å². The minimum Gasteiger partial charge on any atom is -0.481 e. The van der Waals surface area contributed by atoms with Crippen molar-refractivity contribution in [2.45, 2.75) is 107 Å². The van der Waals surface area contributed by atoms with Crippen molar-refractivity contribution in [1.82, 2.24) is 9.88 Å². The minimum atomic E-state index is -0.804. The summed E-state index contributed by atoms with van der Waals surface area (Å²) in [5, 5.41) is 12.4. The van der Waals surface area contributed by atoms with E-state index in [9.17, 15) is 9.59 Å². The molecule has 0 bridgehead atoms. The summed E-state index contributed by atoms with van der Waals surface area (Å²) >= 11 is 2.87. The van der Waals surface area contributed by atoms with Crippen molar-refractivity contribution in [2.75, 3.05) is 11.1 Å². The second-order valence-corrected chi connectivity index (χ2v) is 11.1. The summed E-state index contributed by atoms with van der Waals surface area (Å²) in [5.74, 6) is -0.303. The van der Waals surface area contributed by atoms with Crippen molar-refractivity contribution in [3.63, 3.8) is 0 Å². The number of carboxylic acids is 1. The van der Waals surface area contributed by atoms with Crippen LogP contribution in [0, 0.1) is 0 Å². The second-order valence-electron chi connectivity index (χ2n) is 8.72. The first kappa shape index (κ1) is 24.3. The van der Waals surface area contributed by atoms with Gasteiger partial charge in [-0.1, -0.05) is 30.6 Å². The topological polar surface area (TPSA) is 91.8 Å². The van der Waals surface area contributed by atoms with Crippen molar-refractivity contribution in [2.24, 2.45) is 0 Å². The molecular formula is C22H35N3O4S2. The maximum absolute atomic E-state index is 13.3. The molecule has 2 N–H and O–H groups in total. The van der Waals surface area contributed by atoms with E-state index in [-0.39, 0.29) is 24.6 Å². The van der Waals surface area contributed by atoms with Crippen molar-refractivity contribution in [3.8, 4) is 0 Å². The molecule has 174 valence electrons. The van der Waals surface area contributed by atoms with Gasteiger partial charge in [-0.05, 0) is 52.4 Å². The zero-order valence-electron chi connectivity index (χ0n) is 18.5. The maximum Gasteiger partial charge on any atom is 0.324 e. The number of aromatic nitrogens is 1. The Morgan fingerprint density at radius 1 is 1.19 bits per heavy atom. The third-order valence-electron chi connectivity index (χ3n) is 5.96. The van der Waals surface area contributed by atoms with Gasteiger partial charge in [0, 0.05) is 17.8 Å². The fourth-order valence-electron chi connectivity index (χ4n) is 4.61. The second kappa shape index (κ2) is 12.1. The van der Waals surface area contributed by atoms with Crippen molar-refractivity contribution < 1.29 is 19.4 Å². The number of nitrogens with zero attached hydrogens (tertiary/aromatic N) is 2. The fourth-order valence-corrected chi connectivity index (χ4v) is 6.48. The molecule has 1 aromatic heterocycles. The SMILES string of the molecule is CC(C)OC1CCC(N(C(=O)Nc2ncc(SCCC(=O)O)s2)C2CCCCC2)CC1. The van der Waals surface area contributed by atoms with E-state index in [1.807, 2.05) is 0 Å². The third-order valence-corrected chi connectivity index (χ3v) is 8.07. The van der Waals surface area contributed by atoms with Crippen LogP contribution in [0.3, 0.4) is 0 Å². The van der Waals surface area contributed by atoms with E-state index in [1.54, 1.807) is 6.20 Å². The number of carbonyl (C=O) groups excluding carboxylic acids is 1. The van der Waals surface area contributed by atoms with Gasteiger partial charge in [0.15, 0.2) is 5.13 Å². The number of ether oxygens (including phenoxy) is 1. The molecule has 2 saturated carbocycles. The Labute approximate surface area is 193 Å². The summed E-state index contributed by atoms with van der Waals surface area (Å²) in [4.78, 5) is 30.5. The molecule has 0 unspecified atom stereocenters. The van der Waals surface area contributed by atoms with Crippen molar-refractivity contribution in [3.05, 3.63) is 6.20 Å². The highest BCUT2D eigenvalue weighted by molar-refractivity contribution is 8.01. The Balaban J connectivity index is 1.61. The molecule has 0 saturated heterocycles. The van der Waals surface area contributed by atoms with Crippen LogP contribution in [0.2, 0.25) is 0 Å². The summed E-state index contributed by atoms with van der Waals surface area (Å²) < 4.78 is 6.93. The lowest BCUT2D eigenvalue weighted by atomic mass is 9.87. The zero-order valence-corrected chi connectivity index (χ0v) is 20.2. The van der Waals surface area contributed by atoms with Crippen molar-refractivity contribution in [1.29, 1.82) is 0 Å². The van der Waals surface area contributed by atoms with Crippen LogP contribution >= 0.6 is 23.1 Å². The number of carbonyl (C=O) groups is 2. The van der Waals surface area contributed by atoms with E-state index in [1.165, 1.54) is 42.4 Å². The summed E-state index contributed by atoms with van der Waals surface area (Å²) in [7, 11) is 0. The van der Waals surface area contributed by atoms with E-state index in [0.717, 1.165) is 42.7 Å². The molecule has 7 nitrogen and oxygen atoms in total. The van der Waals surface area contributed by atoms with Crippen LogP contribution in [0.5, 0.6) is 0 Å². The van der Waals surface area contributed by atoms with Crippen LogP contribution in [0.25, 0.3) is 0 Å². The van der Waals surface area contributed by atoms with E-state index in [4.69, 9.17) is 9.84 Å². The number of nitrogens with one attached hydrogen (secondary N) is 1. The molecule has 0 atom stereocenters. The summed E-state index contributed by atoms with van der Waals surface area (Å²) in [6, 6.07) is 0.502. The average molecular weight is 470 g/mol. The van der Waals surface area contributed by atoms with E-state index >= 15 is 0 Å². The van der Waals surface area contributed by atoms with Crippen LogP contribution in [-0.2, 0) is 9.53 Å². The van der Waals surface area contributed by atoms with Crippen LogP contribution in [0.15, 0.2) is 10.4 Å². The first-order valence-corrected chi connectivity index (χ1v) is 13.3. The highest BCUT2D eigenvalue weighted by Gasteiger charge is 2.35. The fraction of sp³-hybridized carbons (Fsp3) is 0.773. The van der Waals surface area contributed by atoms with Gasteiger partial charge < -0.3 is 14.7 Å². The smallest absolute Gasteiger partial charge is 0.324 e. The maximum atomic E-state index is 13.3. The van der Waals surface area contributed by atoms with Crippen LogP contribution in [0.1, 0.15) is 78.1 Å². The van der Waals surface area contributed by atoms with Crippen LogP contribution in [-0.4, -0.2) is 57.0 Å². The predicted molar refractivity (Wildman–Crippen MR) is 125 cm³/mol. The molecule has 2 amide bonds. The Bertz CT molecular complexity index is 713. The molecular weight excluding hydrogens is 434 g/mol. The van der Waals surface area contributed by atoms with Gasteiger partial charge in [0.25, 0.3) is 0 Å². The predicted octanol–water partition coefficient (Wildman–Crippen LogP) is 5.61.